The molecule has 0 saturated carbocycles. The number of rotatable bonds is 12. The Hall–Kier alpha value is -1.07. The van der Waals surface area contributed by atoms with Gasteiger partial charge in [0.25, 0.3) is 10.1 Å². The molecule has 1 aromatic carbocycles. The lowest BCUT2D eigenvalue weighted by atomic mass is 10.0. The number of phenols is 1. The topological polar surface area (TPSA) is 74.6 Å². The molecule has 0 aromatic heterocycles. The van der Waals surface area contributed by atoms with E-state index in [1.54, 1.807) is 6.07 Å². The number of aromatic hydroxyl groups is 1. The molecule has 5 heteroatoms. The number of benzene rings is 1. The van der Waals surface area contributed by atoms with Gasteiger partial charge in [0.15, 0.2) is 0 Å². The summed E-state index contributed by atoms with van der Waals surface area (Å²) >= 11 is 0. The van der Waals surface area contributed by atoms with Gasteiger partial charge in [0.1, 0.15) is 10.6 Å². The minimum atomic E-state index is -4.28. The molecule has 2 N–H and O–H groups in total. The molecule has 0 aliphatic rings. The van der Waals surface area contributed by atoms with Gasteiger partial charge in [-0.05, 0) is 24.5 Å². The molecule has 0 aliphatic carbocycles. The van der Waals surface area contributed by atoms with E-state index in [-0.39, 0.29) is 10.6 Å². The predicted octanol–water partition coefficient (Wildman–Crippen LogP) is 5.10. The molecule has 0 amide bonds. The Balaban J connectivity index is 2.24. The first-order valence-electron chi connectivity index (χ1n) is 8.74. The van der Waals surface area contributed by atoms with Crippen LogP contribution in [-0.4, -0.2) is 18.1 Å². The molecular formula is C18H30O4S. The smallest absolute Gasteiger partial charge is 0.294 e. The zero-order chi connectivity index (χ0) is 17.1. The van der Waals surface area contributed by atoms with Gasteiger partial charge in [0, 0.05) is 6.07 Å². The van der Waals surface area contributed by atoms with E-state index in [1.807, 2.05) is 0 Å². The van der Waals surface area contributed by atoms with E-state index < -0.39 is 10.1 Å². The van der Waals surface area contributed by atoms with Gasteiger partial charge in [-0.15, -0.1) is 0 Å². The van der Waals surface area contributed by atoms with Crippen LogP contribution in [0.15, 0.2) is 23.1 Å². The first-order valence-corrected chi connectivity index (χ1v) is 10.2. The molecule has 0 radical (unpaired) electrons. The minimum absolute atomic E-state index is 0.149. The third kappa shape index (κ3) is 8.37. The summed E-state index contributed by atoms with van der Waals surface area (Å²) in [5.74, 6) is -0.149. The summed E-state index contributed by atoms with van der Waals surface area (Å²) in [6.07, 6.45) is 12.8. The second-order valence-corrected chi connectivity index (χ2v) is 7.59. The minimum Gasteiger partial charge on any atom is -0.508 e. The molecule has 0 heterocycles. The molecule has 1 aromatic rings. The fourth-order valence-corrected chi connectivity index (χ4v) is 3.56. The van der Waals surface area contributed by atoms with Gasteiger partial charge < -0.3 is 5.11 Å². The number of unbranched alkanes of at least 4 members (excludes halogenated alkanes) is 9. The Morgan fingerprint density at radius 1 is 0.870 bits per heavy atom. The van der Waals surface area contributed by atoms with Crippen molar-refractivity contribution < 1.29 is 18.1 Å². The number of aryl methyl sites for hydroxylation is 1. The van der Waals surface area contributed by atoms with Crippen LogP contribution in [0.1, 0.15) is 76.7 Å². The van der Waals surface area contributed by atoms with E-state index in [0.29, 0.717) is 12.0 Å². The van der Waals surface area contributed by atoms with Gasteiger partial charge in [-0.25, -0.2) is 0 Å². The monoisotopic (exact) mass is 342 g/mol. The van der Waals surface area contributed by atoms with Gasteiger partial charge in [0.05, 0.1) is 0 Å². The second kappa shape index (κ2) is 10.7. The Kier molecular flexibility index (Phi) is 9.26. The lowest BCUT2D eigenvalue weighted by Gasteiger charge is -2.08. The summed E-state index contributed by atoms with van der Waals surface area (Å²) < 4.78 is 31.9. The normalized spacial score (nSPS) is 11.7. The van der Waals surface area contributed by atoms with Crippen LogP contribution in [-0.2, 0) is 16.5 Å². The van der Waals surface area contributed by atoms with Crippen molar-refractivity contribution in [3.8, 4) is 5.75 Å². The molecular weight excluding hydrogens is 312 g/mol. The van der Waals surface area contributed by atoms with E-state index in [0.717, 1.165) is 25.3 Å². The highest BCUT2D eigenvalue weighted by atomic mass is 32.2. The Labute approximate surface area is 140 Å². The van der Waals surface area contributed by atoms with E-state index in [4.69, 9.17) is 0 Å². The van der Waals surface area contributed by atoms with E-state index in [9.17, 15) is 18.1 Å². The first kappa shape index (κ1) is 20.0. The SMILES string of the molecule is CCCCCCCCCCCCc1ccc(O)cc1S(=O)(=O)O. The summed E-state index contributed by atoms with van der Waals surface area (Å²) in [6.45, 7) is 2.22. The third-order valence-corrected chi connectivity index (χ3v) is 5.06. The summed E-state index contributed by atoms with van der Waals surface area (Å²) in [6, 6.07) is 4.15. The van der Waals surface area contributed by atoms with Crippen molar-refractivity contribution >= 4 is 10.1 Å². The Bertz CT molecular complexity index is 552. The Morgan fingerprint density at radius 2 is 1.39 bits per heavy atom. The van der Waals surface area contributed by atoms with Crippen molar-refractivity contribution in [2.45, 2.75) is 82.4 Å². The van der Waals surface area contributed by atoms with Crippen molar-refractivity contribution in [1.82, 2.24) is 0 Å². The largest absolute Gasteiger partial charge is 0.508 e. The van der Waals surface area contributed by atoms with Crippen LogP contribution in [0.25, 0.3) is 0 Å². The molecule has 1 rings (SSSR count). The molecule has 0 unspecified atom stereocenters. The summed E-state index contributed by atoms with van der Waals surface area (Å²) in [5.41, 5.74) is 0.574. The molecule has 132 valence electrons. The summed E-state index contributed by atoms with van der Waals surface area (Å²) in [5, 5.41) is 9.37. The van der Waals surface area contributed by atoms with Gasteiger partial charge in [0.2, 0.25) is 0 Å². The van der Waals surface area contributed by atoms with Crippen LogP contribution in [0.4, 0.5) is 0 Å². The third-order valence-electron chi connectivity index (χ3n) is 4.13. The molecule has 0 bridgehead atoms. The maximum atomic E-state index is 11.3. The molecule has 0 spiro atoms. The van der Waals surface area contributed by atoms with Crippen LogP contribution in [0.3, 0.4) is 0 Å². The van der Waals surface area contributed by atoms with E-state index in [1.165, 1.54) is 51.0 Å². The highest BCUT2D eigenvalue weighted by Gasteiger charge is 2.15. The van der Waals surface area contributed by atoms with Crippen LogP contribution < -0.4 is 0 Å². The van der Waals surface area contributed by atoms with E-state index >= 15 is 0 Å². The Morgan fingerprint density at radius 3 is 1.91 bits per heavy atom. The second-order valence-electron chi connectivity index (χ2n) is 6.20. The quantitative estimate of drug-likeness (QED) is 0.409. The van der Waals surface area contributed by atoms with Crippen molar-refractivity contribution in [3.63, 3.8) is 0 Å². The molecule has 0 saturated heterocycles. The molecule has 0 aliphatic heterocycles. The van der Waals surface area contributed by atoms with Gasteiger partial charge in [-0.1, -0.05) is 70.8 Å². The zero-order valence-electron chi connectivity index (χ0n) is 14.1. The summed E-state index contributed by atoms with van der Waals surface area (Å²) in [7, 11) is -4.28. The predicted molar refractivity (Wildman–Crippen MR) is 93.5 cm³/mol. The fourth-order valence-electron chi connectivity index (χ4n) is 2.79. The highest BCUT2D eigenvalue weighted by Crippen LogP contribution is 2.23. The highest BCUT2D eigenvalue weighted by molar-refractivity contribution is 7.85. The van der Waals surface area contributed by atoms with Crippen LogP contribution >= 0.6 is 0 Å². The molecule has 23 heavy (non-hydrogen) atoms. The standard InChI is InChI=1S/C18H30O4S/c1-2-3-4-5-6-7-8-9-10-11-12-16-13-14-17(19)15-18(16)23(20,21)22/h13-15,19H,2-12H2,1H3,(H,20,21,22). The van der Waals surface area contributed by atoms with Gasteiger partial charge in [-0.2, -0.15) is 8.42 Å². The summed E-state index contributed by atoms with van der Waals surface area (Å²) in [4.78, 5) is -0.173. The molecule has 0 atom stereocenters. The molecule has 0 fully saturated rings. The maximum absolute atomic E-state index is 11.3. The average molecular weight is 343 g/mol. The van der Waals surface area contributed by atoms with Gasteiger partial charge >= 0.3 is 0 Å². The first-order chi connectivity index (χ1) is 10.9. The maximum Gasteiger partial charge on any atom is 0.294 e. The van der Waals surface area contributed by atoms with Crippen LogP contribution in [0.5, 0.6) is 5.75 Å². The molecule has 4 nitrogen and oxygen atoms in total. The van der Waals surface area contributed by atoms with Crippen molar-refractivity contribution in [2.75, 3.05) is 0 Å². The van der Waals surface area contributed by atoms with Crippen LogP contribution in [0.2, 0.25) is 0 Å². The van der Waals surface area contributed by atoms with E-state index in [2.05, 4.69) is 6.92 Å². The lowest BCUT2D eigenvalue weighted by Crippen LogP contribution is -2.03. The van der Waals surface area contributed by atoms with Crippen molar-refractivity contribution in [3.05, 3.63) is 23.8 Å². The lowest BCUT2D eigenvalue weighted by molar-refractivity contribution is 0.464. The number of phenolic OH excluding ortho intramolecular Hbond substituents is 1. The van der Waals surface area contributed by atoms with Gasteiger partial charge in [-0.3, -0.25) is 4.55 Å². The van der Waals surface area contributed by atoms with Crippen molar-refractivity contribution in [1.29, 1.82) is 0 Å². The number of hydrogen-bond acceptors (Lipinski definition) is 3. The van der Waals surface area contributed by atoms with Crippen LogP contribution in [0, 0.1) is 0 Å². The average Bonchev–Trinajstić information content (AvgIpc) is 2.49. The fraction of sp³-hybridized carbons (Fsp3) is 0.667. The van der Waals surface area contributed by atoms with Crippen molar-refractivity contribution in [2.24, 2.45) is 0 Å². The zero-order valence-corrected chi connectivity index (χ0v) is 14.9. The number of hydrogen-bond donors (Lipinski definition) is 2.